The van der Waals surface area contributed by atoms with Crippen LogP contribution in [0.15, 0.2) is 6.20 Å². The molecule has 1 aliphatic rings. The number of urea groups is 1. The number of nitrogens with zero attached hydrogens (tertiary/aromatic N) is 3. The van der Waals surface area contributed by atoms with Gasteiger partial charge in [-0.2, -0.15) is 5.10 Å². The molecule has 1 aliphatic heterocycles. The highest BCUT2D eigenvalue weighted by molar-refractivity contribution is 5.94. The summed E-state index contributed by atoms with van der Waals surface area (Å²) in [5.41, 5.74) is 1.79. The Balaban J connectivity index is 2.34. The van der Waals surface area contributed by atoms with Crippen LogP contribution in [0.5, 0.6) is 0 Å². The molecule has 2 heterocycles. The Morgan fingerprint density at radius 2 is 2.38 bits per heavy atom. The third-order valence-electron chi connectivity index (χ3n) is 2.14. The van der Waals surface area contributed by atoms with Gasteiger partial charge >= 0.3 is 6.03 Å². The van der Waals surface area contributed by atoms with Gasteiger partial charge in [0.1, 0.15) is 0 Å². The molecule has 70 valence electrons. The molecule has 1 fully saturated rings. The summed E-state index contributed by atoms with van der Waals surface area (Å²) in [6.45, 7) is 3.35. The van der Waals surface area contributed by atoms with Crippen molar-refractivity contribution in [2.24, 2.45) is 7.05 Å². The summed E-state index contributed by atoms with van der Waals surface area (Å²) in [7, 11) is 1.85. The number of aryl methyl sites for hydroxylation is 2. The van der Waals surface area contributed by atoms with Crippen molar-refractivity contribution in [1.29, 1.82) is 0 Å². The number of hydrogen-bond donors (Lipinski definition) is 1. The summed E-state index contributed by atoms with van der Waals surface area (Å²) < 4.78 is 1.72. The monoisotopic (exact) mass is 180 g/mol. The zero-order chi connectivity index (χ0) is 9.42. The van der Waals surface area contributed by atoms with Crippen LogP contribution < -0.4 is 10.2 Å². The summed E-state index contributed by atoms with van der Waals surface area (Å²) in [6, 6.07) is -0.0314. The molecule has 2 rings (SSSR count). The molecule has 0 unspecified atom stereocenters. The molecule has 0 spiro atoms. The Labute approximate surface area is 76.3 Å². The van der Waals surface area contributed by atoms with Gasteiger partial charge in [0, 0.05) is 26.3 Å². The number of carbonyl (C=O) groups is 1. The van der Waals surface area contributed by atoms with E-state index >= 15 is 0 Å². The van der Waals surface area contributed by atoms with Gasteiger partial charge in [0.05, 0.1) is 11.4 Å². The highest BCUT2D eigenvalue weighted by Gasteiger charge is 2.23. The van der Waals surface area contributed by atoms with Crippen LogP contribution in [0.2, 0.25) is 0 Å². The minimum absolute atomic E-state index is 0.0314. The number of nitrogens with one attached hydrogen (secondary N) is 1. The standard InChI is InChI=1S/C8H12N4O/c1-6-7(5-11(2)10-6)12-4-3-9-8(12)13/h5H,3-4H2,1-2H3,(H,9,13). The van der Waals surface area contributed by atoms with Crippen molar-refractivity contribution in [1.82, 2.24) is 15.1 Å². The van der Waals surface area contributed by atoms with Gasteiger partial charge < -0.3 is 5.32 Å². The second kappa shape index (κ2) is 2.76. The van der Waals surface area contributed by atoms with Crippen LogP contribution in [-0.2, 0) is 7.05 Å². The largest absolute Gasteiger partial charge is 0.336 e. The first-order valence-electron chi connectivity index (χ1n) is 4.24. The van der Waals surface area contributed by atoms with Crippen molar-refractivity contribution < 1.29 is 4.79 Å². The van der Waals surface area contributed by atoms with E-state index in [1.165, 1.54) is 0 Å². The fourth-order valence-corrected chi connectivity index (χ4v) is 1.55. The van der Waals surface area contributed by atoms with Crippen molar-refractivity contribution in [3.63, 3.8) is 0 Å². The summed E-state index contributed by atoms with van der Waals surface area (Å²) in [6.07, 6.45) is 1.86. The fraction of sp³-hybridized carbons (Fsp3) is 0.500. The van der Waals surface area contributed by atoms with Gasteiger partial charge in [0.25, 0.3) is 0 Å². The van der Waals surface area contributed by atoms with Crippen molar-refractivity contribution in [3.8, 4) is 0 Å². The Bertz CT molecular complexity index is 344. The van der Waals surface area contributed by atoms with Gasteiger partial charge in [0.2, 0.25) is 0 Å². The molecule has 1 aromatic heterocycles. The van der Waals surface area contributed by atoms with Crippen LogP contribution in [0.4, 0.5) is 10.5 Å². The Morgan fingerprint density at radius 1 is 1.62 bits per heavy atom. The van der Waals surface area contributed by atoms with E-state index in [-0.39, 0.29) is 6.03 Å². The molecule has 0 saturated carbocycles. The van der Waals surface area contributed by atoms with Gasteiger partial charge in [-0.3, -0.25) is 9.58 Å². The smallest absolute Gasteiger partial charge is 0.322 e. The van der Waals surface area contributed by atoms with Gasteiger partial charge in [-0.05, 0) is 6.92 Å². The molecule has 5 heteroatoms. The molecule has 1 N–H and O–H groups in total. The topological polar surface area (TPSA) is 50.2 Å². The minimum Gasteiger partial charge on any atom is -0.336 e. The molecular formula is C8H12N4O. The molecule has 1 saturated heterocycles. The quantitative estimate of drug-likeness (QED) is 0.674. The van der Waals surface area contributed by atoms with Crippen molar-refractivity contribution in [2.75, 3.05) is 18.0 Å². The average molecular weight is 180 g/mol. The normalized spacial score (nSPS) is 16.5. The van der Waals surface area contributed by atoms with Crippen molar-refractivity contribution >= 4 is 11.7 Å². The molecule has 0 atom stereocenters. The maximum Gasteiger partial charge on any atom is 0.322 e. The third kappa shape index (κ3) is 1.26. The van der Waals surface area contributed by atoms with E-state index in [0.717, 1.165) is 17.9 Å². The summed E-state index contributed by atoms with van der Waals surface area (Å²) in [4.78, 5) is 13.0. The zero-order valence-electron chi connectivity index (χ0n) is 7.74. The minimum atomic E-state index is -0.0314. The Hall–Kier alpha value is -1.52. The molecule has 1 aromatic rings. The maximum atomic E-state index is 11.3. The number of rotatable bonds is 1. The first-order valence-corrected chi connectivity index (χ1v) is 4.24. The predicted molar refractivity (Wildman–Crippen MR) is 48.7 cm³/mol. The lowest BCUT2D eigenvalue weighted by molar-refractivity contribution is 0.252. The Morgan fingerprint density at radius 3 is 2.85 bits per heavy atom. The second-order valence-electron chi connectivity index (χ2n) is 3.16. The summed E-state index contributed by atoms with van der Waals surface area (Å²) in [5.74, 6) is 0. The summed E-state index contributed by atoms with van der Waals surface area (Å²) in [5, 5.41) is 6.94. The molecule has 0 radical (unpaired) electrons. The first kappa shape index (κ1) is 8.10. The van der Waals surface area contributed by atoms with Crippen LogP contribution in [0.1, 0.15) is 5.69 Å². The maximum absolute atomic E-state index is 11.3. The fourth-order valence-electron chi connectivity index (χ4n) is 1.55. The van der Waals surface area contributed by atoms with Gasteiger partial charge in [-0.15, -0.1) is 0 Å². The molecule has 2 amide bonds. The lowest BCUT2D eigenvalue weighted by Gasteiger charge is -2.11. The number of amides is 2. The SMILES string of the molecule is Cc1nn(C)cc1N1CCNC1=O. The highest BCUT2D eigenvalue weighted by Crippen LogP contribution is 2.19. The van der Waals surface area contributed by atoms with Crippen LogP contribution in [0, 0.1) is 6.92 Å². The van der Waals surface area contributed by atoms with Crippen molar-refractivity contribution in [2.45, 2.75) is 6.92 Å². The molecule has 0 aromatic carbocycles. The van der Waals surface area contributed by atoms with E-state index in [2.05, 4.69) is 10.4 Å². The average Bonchev–Trinajstić information content (AvgIpc) is 2.58. The number of aromatic nitrogens is 2. The second-order valence-corrected chi connectivity index (χ2v) is 3.16. The lowest BCUT2D eigenvalue weighted by atomic mass is 10.3. The molecule has 0 aliphatic carbocycles. The lowest BCUT2D eigenvalue weighted by Crippen LogP contribution is -2.27. The van der Waals surface area contributed by atoms with E-state index in [1.807, 2.05) is 20.2 Å². The van der Waals surface area contributed by atoms with E-state index in [4.69, 9.17) is 0 Å². The molecule has 5 nitrogen and oxygen atoms in total. The Kier molecular flexibility index (Phi) is 1.72. The van der Waals surface area contributed by atoms with Crippen LogP contribution in [-0.4, -0.2) is 28.9 Å². The predicted octanol–water partition coefficient (Wildman–Crippen LogP) is 0.258. The van der Waals surface area contributed by atoms with Crippen LogP contribution in [0.3, 0.4) is 0 Å². The van der Waals surface area contributed by atoms with Crippen molar-refractivity contribution in [3.05, 3.63) is 11.9 Å². The van der Waals surface area contributed by atoms with Gasteiger partial charge in [0.15, 0.2) is 0 Å². The number of carbonyl (C=O) groups excluding carboxylic acids is 1. The highest BCUT2D eigenvalue weighted by atomic mass is 16.2. The first-order chi connectivity index (χ1) is 6.18. The summed E-state index contributed by atoms with van der Waals surface area (Å²) >= 11 is 0. The molecule has 13 heavy (non-hydrogen) atoms. The molecular weight excluding hydrogens is 168 g/mol. The zero-order valence-corrected chi connectivity index (χ0v) is 7.74. The van der Waals surface area contributed by atoms with E-state index in [1.54, 1.807) is 9.58 Å². The van der Waals surface area contributed by atoms with E-state index in [0.29, 0.717) is 6.54 Å². The number of anilines is 1. The third-order valence-corrected chi connectivity index (χ3v) is 2.14. The van der Waals surface area contributed by atoms with Crippen LogP contribution >= 0.6 is 0 Å². The van der Waals surface area contributed by atoms with E-state index < -0.39 is 0 Å². The van der Waals surface area contributed by atoms with E-state index in [9.17, 15) is 4.79 Å². The van der Waals surface area contributed by atoms with Gasteiger partial charge in [-0.25, -0.2) is 4.79 Å². The van der Waals surface area contributed by atoms with Gasteiger partial charge in [-0.1, -0.05) is 0 Å². The molecule has 0 bridgehead atoms. The van der Waals surface area contributed by atoms with Crippen LogP contribution in [0.25, 0.3) is 0 Å². The number of hydrogen-bond acceptors (Lipinski definition) is 2.